The van der Waals surface area contributed by atoms with Crippen molar-refractivity contribution in [2.75, 3.05) is 4.90 Å². The molecule has 0 aliphatic carbocycles. The summed E-state index contributed by atoms with van der Waals surface area (Å²) < 4.78 is 19.7. The minimum absolute atomic E-state index is 0.0693. The lowest BCUT2D eigenvalue weighted by Gasteiger charge is -2.23. The number of hydrogen-bond acceptors (Lipinski definition) is 5. The first kappa shape index (κ1) is 17.7. The normalized spacial score (nSPS) is 18.6. The topological polar surface area (TPSA) is 83.6 Å². The number of hydrogen-bond donors (Lipinski definition) is 1. The Morgan fingerprint density at radius 1 is 1.11 bits per heavy atom. The van der Waals surface area contributed by atoms with Crippen LogP contribution >= 0.6 is 0 Å². The molecule has 140 valence electrons. The van der Waals surface area contributed by atoms with E-state index < -0.39 is 23.5 Å². The van der Waals surface area contributed by atoms with Crippen LogP contribution < -0.4 is 4.90 Å². The van der Waals surface area contributed by atoms with E-state index in [2.05, 4.69) is 5.16 Å². The summed E-state index contributed by atoms with van der Waals surface area (Å²) >= 11 is 0. The van der Waals surface area contributed by atoms with Gasteiger partial charge in [-0.2, -0.15) is 0 Å². The minimum atomic E-state index is -1.18. The molecule has 1 aliphatic rings. The van der Waals surface area contributed by atoms with Gasteiger partial charge in [0.2, 0.25) is 0 Å². The number of aliphatic hydroxyl groups excluding tert-OH is 1. The predicted molar refractivity (Wildman–Crippen MR) is 98.9 cm³/mol. The van der Waals surface area contributed by atoms with Gasteiger partial charge in [-0.3, -0.25) is 14.5 Å². The van der Waals surface area contributed by atoms with Gasteiger partial charge in [0.15, 0.2) is 5.82 Å². The van der Waals surface area contributed by atoms with Gasteiger partial charge in [-0.05, 0) is 13.0 Å². The second-order valence-electron chi connectivity index (χ2n) is 6.35. The number of ketones is 1. The van der Waals surface area contributed by atoms with Crippen LogP contribution in [0.5, 0.6) is 0 Å². The molecule has 1 unspecified atom stereocenters. The van der Waals surface area contributed by atoms with Crippen LogP contribution in [0.1, 0.15) is 22.9 Å². The second-order valence-corrected chi connectivity index (χ2v) is 6.35. The average Bonchev–Trinajstić information content (AvgIpc) is 3.23. The molecule has 1 atom stereocenters. The summed E-state index contributed by atoms with van der Waals surface area (Å²) in [5.74, 6) is -2.34. The summed E-state index contributed by atoms with van der Waals surface area (Å²) in [4.78, 5) is 26.6. The van der Waals surface area contributed by atoms with Gasteiger partial charge in [0, 0.05) is 17.2 Å². The van der Waals surface area contributed by atoms with E-state index in [0.29, 0.717) is 11.3 Å². The predicted octanol–water partition coefficient (Wildman–Crippen LogP) is 3.75. The first-order valence-corrected chi connectivity index (χ1v) is 8.53. The number of anilines is 1. The Morgan fingerprint density at radius 3 is 2.43 bits per heavy atom. The molecule has 0 radical (unpaired) electrons. The van der Waals surface area contributed by atoms with Gasteiger partial charge in [-0.15, -0.1) is 0 Å². The largest absolute Gasteiger partial charge is 0.507 e. The van der Waals surface area contributed by atoms with Crippen LogP contribution in [0, 0.1) is 12.7 Å². The fourth-order valence-corrected chi connectivity index (χ4v) is 3.28. The van der Waals surface area contributed by atoms with E-state index >= 15 is 0 Å². The highest BCUT2D eigenvalue weighted by molar-refractivity contribution is 6.51. The van der Waals surface area contributed by atoms with Gasteiger partial charge in [0.1, 0.15) is 17.3 Å². The van der Waals surface area contributed by atoms with Crippen LogP contribution in [0.4, 0.5) is 10.2 Å². The Hall–Kier alpha value is -3.74. The highest BCUT2D eigenvalue weighted by Gasteiger charge is 2.48. The summed E-state index contributed by atoms with van der Waals surface area (Å²) in [5, 5.41) is 14.6. The number of aryl methyl sites for hydroxylation is 1. The van der Waals surface area contributed by atoms with Crippen molar-refractivity contribution in [3.8, 4) is 0 Å². The van der Waals surface area contributed by atoms with Gasteiger partial charge in [0.05, 0.1) is 11.6 Å². The molecular formula is C21H15FN2O4. The molecule has 28 heavy (non-hydrogen) atoms. The lowest BCUT2D eigenvalue weighted by Crippen LogP contribution is -2.30. The maximum Gasteiger partial charge on any atom is 0.301 e. The maximum atomic E-state index is 14.6. The quantitative estimate of drug-likeness (QED) is 0.426. The number of amides is 1. The molecule has 7 heteroatoms. The van der Waals surface area contributed by atoms with Crippen LogP contribution in [0.3, 0.4) is 0 Å². The number of carbonyl (C=O) groups is 2. The molecule has 1 aliphatic heterocycles. The van der Waals surface area contributed by atoms with Crippen LogP contribution in [0.15, 0.2) is 70.8 Å². The fraction of sp³-hybridized carbons (Fsp3) is 0.0952. The van der Waals surface area contributed by atoms with E-state index in [1.165, 1.54) is 24.3 Å². The van der Waals surface area contributed by atoms with Crippen molar-refractivity contribution < 1.29 is 23.6 Å². The van der Waals surface area contributed by atoms with Gasteiger partial charge < -0.3 is 9.63 Å². The lowest BCUT2D eigenvalue weighted by atomic mass is 9.95. The van der Waals surface area contributed by atoms with E-state index in [0.717, 1.165) is 4.90 Å². The zero-order valence-electron chi connectivity index (χ0n) is 14.8. The Balaban J connectivity index is 1.98. The number of benzene rings is 2. The van der Waals surface area contributed by atoms with Crippen molar-refractivity contribution in [2.45, 2.75) is 13.0 Å². The number of rotatable bonds is 3. The molecule has 0 saturated carbocycles. The molecule has 2 aromatic carbocycles. The zero-order valence-corrected chi connectivity index (χ0v) is 14.8. The SMILES string of the molecule is Cc1cc(N2C(=O)C(=O)/C(=C(\O)c3ccccc3)C2c2ccccc2F)no1. The van der Waals surface area contributed by atoms with Crippen molar-refractivity contribution in [2.24, 2.45) is 0 Å². The number of aliphatic hydroxyl groups is 1. The third-order valence-corrected chi connectivity index (χ3v) is 4.55. The first-order chi connectivity index (χ1) is 13.5. The first-order valence-electron chi connectivity index (χ1n) is 8.53. The Labute approximate surface area is 159 Å². The molecule has 4 rings (SSSR count). The van der Waals surface area contributed by atoms with Crippen molar-refractivity contribution in [1.82, 2.24) is 5.16 Å². The van der Waals surface area contributed by atoms with E-state index in [1.54, 1.807) is 43.3 Å². The molecule has 3 aromatic rings. The second kappa shape index (κ2) is 6.77. The lowest BCUT2D eigenvalue weighted by molar-refractivity contribution is -0.132. The Morgan fingerprint density at radius 2 is 1.79 bits per heavy atom. The monoisotopic (exact) mass is 378 g/mol. The van der Waals surface area contributed by atoms with Crippen LogP contribution in [0.25, 0.3) is 5.76 Å². The van der Waals surface area contributed by atoms with E-state index in [-0.39, 0.29) is 22.7 Å². The summed E-state index contributed by atoms with van der Waals surface area (Å²) in [5.41, 5.74) is 0.208. The summed E-state index contributed by atoms with van der Waals surface area (Å²) in [7, 11) is 0. The van der Waals surface area contributed by atoms with E-state index in [1.807, 2.05) is 0 Å². The molecule has 0 spiro atoms. The summed E-state index contributed by atoms with van der Waals surface area (Å²) in [6, 6.07) is 14.4. The smallest absolute Gasteiger partial charge is 0.301 e. The van der Waals surface area contributed by atoms with Crippen molar-refractivity contribution in [3.05, 3.63) is 88.9 Å². The van der Waals surface area contributed by atoms with Crippen molar-refractivity contribution in [1.29, 1.82) is 0 Å². The van der Waals surface area contributed by atoms with Gasteiger partial charge in [-0.1, -0.05) is 53.7 Å². The summed E-state index contributed by atoms with van der Waals surface area (Å²) in [6.07, 6.45) is 0. The number of Topliss-reactive ketones (excluding diaryl/α,β-unsaturated/α-hetero) is 1. The van der Waals surface area contributed by atoms with Gasteiger partial charge in [-0.25, -0.2) is 4.39 Å². The third kappa shape index (κ3) is 2.77. The average molecular weight is 378 g/mol. The van der Waals surface area contributed by atoms with E-state index in [4.69, 9.17) is 4.52 Å². The number of halogens is 1. The van der Waals surface area contributed by atoms with Gasteiger partial charge >= 0.3 is 5.91 Å². The molecule has 1 saturated heterocycles. The van der Waals surface area contributed by atoms with Crippen molar-refractivity contribution in [3.63, 3.8) is 0 Å². The van der Waals surface area contributed by atoms with Gasteiger partial charge in [0.25, 0.3) is 5.78 Å². The van der Waals surface area contributed by atoms with Crippen LogP contribution in [-0.2, 0) is 9.59 Å². The Kier molecular flexibility index (Phi) is 4.27. The number of nitrogens with zero attached hydrogens (tertiary/aromatic N) is 2. The minimum Gasteiger partial charge on any atom is -0.507 e. The van der Waals surface area contributed by atoms with Crippen molar-refractivity contribution >= 4 is 23.3 Å². The van der Waals surface area contributed by atoms with Crippen LogP contribution in [0.2, 0.25) is 0 Å². The molecule has 1 N–H and O–H groups in total. The third-order valence-electron chi connectivity index (χ3n) is 4.55. The maximum absolute atomic E-state index is 14.6. The number of aromatic nitrogens is 1. The summed E-state index contributed by atoms with van der Waals surface area (Å²) in [6.45, 7) is 1.63. The molecule has 1 amide bonds. The Bertz CT molecular complexity index is 1100. The highest BCUT2D eigenvalue weighted by atomic mass is 19.1. The molecule has 2 heterocycles. The van der Waals surface area contributed by atoms with E-state index in [9.17, 15) is 19.1 Å². The molecule has 6 nitrogen and oxygen atoms in total. The molecule has 1 fully saturated rings. The highest BCUT2D eigenvalue weighted by Crippen LogP contribution is 2.42. The number of carbonyl (C=O) groups excluding carboxylic acids is 2. The molecule has 0 bridgehead atoms. The molecule has 1 aromatic heterocycles. The standard InChI is InChI=1S/C21H15FN2O4/c1-12-11-16(23-28-12)24-18(14-9-5-6-10-15(14)22)17(20(26)21(24)27)19(25)13-7-3-2-4-8-13/h2-11,18,25H,1H3/b19-17-. The fourth-order valence-electron chi connectivity index (χ4n) is 3.28. The molecular weight excluding hydrogens is 363 g/mol. The zero-order chi connectivity index (χ0) is 19.8. The van der Waals surface area contributed by atoms with Crippen LogP contribution in [-0.4, -0.2) is 22.0 Å².